The molecule has 1 N–H and O–H groups in total. The predicted molar refractivity (Wildman–Crippen MR) is 168 cm³/mol. The van der Waals surface area contributed by atoms with Crippen molar-refractivity contribution >= 4 is 62.3 Å². The van der Waals surface area contributed by atoms with E-state index in [4.69, 9.17) is 34.8 Å². The molecule has 3 aromatic rings. The Balaban J connectivity index is 2.13. The first-order chi connectivity index (χ1) is 20.6. The van der Waals surface area contributed by atoms with E-state index in [2.05, 4.69) is 5.32 Å². The highest BCUT2D eigenvalue weighted by atomic mass is 35.5. The maximum atomic E-state index is 14.1. The van der Waals surface area contributed by atoms with Gasteiger partial charge < -0.3 is 10.2 Å². The molecule has 0 radical (unpaired) electrons. The third kappa shape index (κ3) is 9.50. The summed E-state index contributed by atoms with van der Waals surface area (Å²) in [5.74, 6) is -1.38. The van der Waals surface area contributed by atoms with E-state index in [1.807, 2.05) is 6.92 Å². The Bertz CT molecular complexity index is 1550. The highest BCUT2D eigenvalue weighted by molar-refractivity contribution is 7.92. The summed E-state index contributed by atoms with van der Waals surface area (Å²) in [6.45, 7) is 1.06. The second-order valence-electron chi connectivity index (χ2n) is 10.0. The molecule has 0 aromatic heterocycles. The highest BCUT2D eigenvalue weighted by Gasteiger charge is 2.36. The lowest BCUT2D eigenvalue weighted by molar-refractivity contribution is -0.140. The molecule has 0 bridgehead atoms. The van der Waals surface area contributed by atoms with Gasteiger partial charge in [0.2, 0.25) is 21.8 Å². The monoisotopic (exact) mass is 691 g/mol. The summed E-state index contributed by atoms with van der Waals surface area (Å²) in [7, 11) is -4.31. The summed E-state index contributed by atoms with van der Waals surface area (Å²) in [6, 6.07) is 14.9. The third-order valence-corrected chi connectivity index (χ3v) is 8.89. The molecule has 0 aliphatic heterocycles. The van der Waals surface area contributed by atoms with Gasteiger partial charge in [0.05, 0.1) is 22.5 Å². The summed E-state index contributed by atoms with van der Waals surface area (Å²) < 4.78 is 67.2. The standard InChI is InChI=1S/C30H31Cl3F3N3O4S/c1-3-4-15-37-29(41)27(16-20-9-6-5-7-10-20)38(18-22-24(31)11-8-12-25(22)32)28(40)19-39(44(2,42)43)21-13-14-26(33)23(17-21)30(34,35)36/h5-14,17,27H,3-4,15-16,18-19H2,1-2H3,(H,37,41). The van der Waals surface area contributed by atoms with Gasteiger partial charge >= 0.3 is 6.18 Å². The summed E-state index contributed by atoms with van der Waals surface area (Å²) >= 11 is 18.6. The molecule has 14 heteroatoms. The minimum Gasteiger partial charge on any atom is -0.354 e. The normalized spacial score (nSPS) is 12.5. The minimum absolute atomic E-state index is 0.0463. The lowest BCUT2D eigenvalue weighted by Gasteiger charge is -2.34. The number of hydrogen-bond acceptors (Lipinski definition) is 4. The topological polar surface area (TPSA) is 86.8 Å². The third-order valence-electron chi connectivity index (χ3n) is 6.71. The Morgan fingerprint density at radius 2 is 1.57 bits per heavy atom. The molecule has 3 rings (SSSR count). The summed E-state index contributed by atoms with van der Waals surface area (Å²) in [5.41, 5.74) is -0.686. The zero-order valence-corrected chi connectivity index (χ0v) is 27.0. The van der Waals surface area contributed by atoms with Gasteiger partial charge in [-0.2, -0.15) is 13.2 Å². The Morgan fingerprint density at radius 1 is 0.932 bits per heavy atom. The molecule has 0 spiro atoms. The van der Waals surface area contributed by atoms with Gasteiger partial charge in [-0.15, -0.1) is 0 Å². The van der Waals surface area contributed by atoms with Gasteiger partial charge in [-0.3, -0.25) is 13.9 Å². The van der Waals surface area contributed by atoms with Crippen LogP contribution in [0.15, 0.2) is 66.7 Å². The molecule has 0 saturated heterocycles. The second-order valence-corrected chi connectivity index (χ2v) is 13.1. The number of unbranched alkanes of at least 4 members (excludes halogenated alkanes) is 1. The number of anilines is 1. The maximum absolute atomic E-state index is 14.1. The number of alkyl halides is 3. The molecule has 0 heterocycles. The van der Waals surface area contributed by atoms with E-state index < -0.39 is 56.9 Å². The summed E-state index contributed by atoms with van der Waals surface area (Å²) in [6.07, 6.45) is -2.61. The van der Waals surface area contributed by atoms with Crippen molar-refractivity contribution in [3.8, 4) is 0 Å². The smallest absolute Gasteiger partial charge is 0.354 e. The van der Waals surface area contributed by atoms with E-state index >= 15 is 0 Å². The SMILES string of the molecule is CCCCNC(=O)C(Cc1ccccc1)N(Cc1c(Cl)cccc1Cl)C(=O)CN(c1ccc(Cl)c(C(F)(F)F)c1)S(C)(=O)=O. The van der Waals surface area contributed by atoms with Crippen LogP contribution in [-0.4, -0.2) is 50.5 Å². The molecule has 3 aromatic carbocycles. The number of nitrogens with zero attached hydrogens (tertiary/aromatic N) is 2. The lowest BCUT2D eigenvalue weighted by Crippen LogP contribution is -2.53. The lowest BCUT2D eigenvalue weighted by atomic mass is 10.0. The number of rotatable bonds is 13. The molecule has 7 nitrogen and oxygen atoms in total. The number of carbonyl (C=O) groups excluding carboxylic acids is 2. The zero-order valence-electron chi connectivity index (χ0n) is 23.9. The van der Waals surface area contributed by atoms with Gasteiger partial charge in [0, 0.05) is 35.1 Å². The van der Waals surface area contributed by atoms with Crippen molar-refractivity contribution in [1.29, 1.82) is 0 Å². The van der Waals surface area contributed by atoms with Gasteiger partial charge in [-0.05, 0) is 42.3 Å². The Kier molecular flexibility index (Phi) is 12.4. The molecule has 0 aliphatic rings. The van der Waals surface area contributed by atoms with Crippen LogP contribution in [0.2, 0.25) is 15.1 Å². The first-order valence-electron chi connectivity index (χ1n) is 13.5. The van der Waals surface area contributed by atoms with Crippen LogP contribution in [0.5, 0.6) is 0 Å². The van der Waals surface area contributed by atoms with Crippen LogP contribution in [0.3, 0.4) is 0 Å². The van der Waals surface area contributed by atoms with Crippen LogP contribution in [0, 0.1) is 0 Å². The van der Waals surface area contributed by atoms with Crippen molar-refractivity contribution in [3.63, 3.8) is 0 Å². The average Bonchev–Trinajstić information content (AvgIpc) is 2.94. The molecule has 1 atom stereocenters. The van der Waals surface area contributed by atoms with Crippen LogP contribution < -0.4 is 9.62 Å². The summed E-state index contributed by atoms with van der Waals surface area (Å²) in [4.78, 5) is 28.9. The van der Waals surface area contributed by atoms with Crippen LogP contribution in [0.1, 0.15) is 36.5 Å². The molecule has 2 amide bonds. The second kappa shape index (κ2) is 15.3. The van der Waals surface area contributed by atoms with Gasteiger partial charge in [0.1, 0.15) is 12.6 Å². The van der Waals surface area contributed by atoms with Crippen LogP contribution >= 0.6 is 34.8 Å². The molecule has 238 valence electrons. The maximum Gasteiger partial charge on any atom is 0.417 e. The Hall–Kier alpha value is -2.99. The van der Waals surface area contributed by atoms with E-state index in [0.29, 0.717) is 34.5 Å². The number of amides is 2. The van der Waals surface area contributed by atoms with Crippen molar-refractivity contribution in [2.24, 2.45) is 0 Å². The summed E-state index contributed by atoms with van der Waals surface area (Å²) in [5, 5.41) is 2.60. The number of hydrogen-bond donors (Lipinski definition) is 1. The molecule has 1 unspecified atom stereocenters. The Labute approximate surface area is 269 Å². The van der Waals surface area contributed by atoms with E-state index in [-0.39, 0.29) is 23.0 Å². The van der Waals surface area contributed by atoms with Crippen molar-refractivity contribution in [1.82, 2.24) is 10.2 Å². The fraction of sp³-hybridized carbons (Fsp3) is 0.333. The molecule has 0 fully saturated rings. The predicted octanol–water partition coefficient (Wildman–Crippen LogP) is 6.99. The van der Waals surface area contributed by atoms with E-state index in [1.165, 1.54) is 0 Å². The van der Waals surface area contributed by atoms with Gasteiger partial charge in [0.25, 0.3) is 0 Å². The fourth-order valence-electron chi connectivity index (χ4n) is 4.41. The number of halogens is 6. The quantitative estimate of drug-likeness (QED) is 0.196. The van der Waals surface area contributed by atoms with Crippen molar-refractivity contribution in [2.45, 2.75) is 44.9 Å². The number of carbonyl (C=O) groups is 2. The molecule has 44 heavy (non-hydrogen) atoms. The largest absolute Gasteiger partial charge is 0.417 e. The number of sulfonamides is 1. The molecular weight excluding hydrogens is 662 g/mol. The van der Waals surface area contributed by atoms with Crippen LogP contribution in [-0.2, 0) is 38.8 Å². The van der Waals surface area contributed by atoms with Crippen molar-refractivity contribution < 1.29 is 31.2 Å². The van der Waals surface area contributed by atoms with Crippen molar-refractivity contribution in [3.05, 3.63) is 98.5 Å². The van der Waals surface area contributed by atoms with Gasteiger partial charge in [-0.25, -0.2) is 8.42 Å². The molecular formula is C30H31Cl3F3N3O4S. The van der Waals surface area contributed by atoms with Gasteiger partial charge in [0.15, 0.2) is 0 Å². The van der Waals surface area contributed by atoms with Crippen LogP contribution in [0.25, 0.3) is 0 Å². The number of nitrogens with one attached hydrogen (secondary N) is 1. The Morgan fingerprint density at radius 3 is 2.14 bits per heavy atom. The van der Waals surface area contributed by atoms with Crippen molar-refractivity contribution in [2.75, 3.05) is 23.7 Å². The minimum atomic E-state index is -4.88. The average molecular weight is 693 g/mol. The zero-order chi connectivity index (χ0) is 32.7. The highest BCUT2D eigenvalue weighted by Crippen LogP contribution is 2.37. The first-order valence-corrected chi connectivity index (χ1v) is 16.5. The van der Waals surface area contributed by atoms with Gasteiger partial charge in [-0.1, -0.05) is 84.5 Å². The van der Waals surface area contributed by atoms with E-state index in [0.717, 1.165) is 29.7 Å². The number of benzene rings is 3. The van der Waals surface area contributed by atoms with Crippen LogP contribution in [0.4, 0.5) is 18.9 Å². The fourth-order valence-corrected chi connectivity index (χ4v) is 6.00. The molecule has 0 aliphatic carbocycles. The first kappa shape index (κ1) is 35.5. The van der Waals surface area contributed by atoms with E-state index in [9.17, 15) is 31.2 Å². The van der Waals surface area contributed by atoms with E-state index in [1.54, 1.807) is 48.5 Å². The molecule has 0 saturated carbocycles.